The minimum atomic E-state index is -0.136. The first kappa shape index (κ1) is 15.4. The lowest BCUT2D eigenvalue weighted by Gasteiger charge is -2.08. The fourth-order valence-electron chi connectivity index (χ4n) is 1.83. The van der Waals surface area contributed by atoms with Crippen molar-refractivity contribution >= 4 is 27.5 Å². The van der Waals surface area contributed by atoms with Gasteiger partial charge in [-0.2, -0.15) is 0 Å². The van der Waals surface area contributed by atoms with Gasteiger partial charge in [-0.05, 0) is 36.8 Å². The van der Waals surface area contributed by atoms with E-state index in [-0.39, 0.29) is 5.91 Å². The Bertz CT molecular complexity index is 582. The Morgan fingerprint density at radius 2 is 1.95 bits per heavy atom. The Kier molecular flexibility index (Phi) is 5.63. The molecule has 0 aliphatic carbocycles. The van der Waals surface area contributed by atoms with Crippen LogP contribution in [0, 0.1) is 0 Å². The van der Waals surface area contributed by atoms with E-state index in [1.54, 1.807) is 18.2 Å². The van der Waals surface area contributed by atoms with E-state index in [0.717, 1.165) is 16.6 Å². The minimum absolute atomic E-state index is 0.136. The van der Waals surface area contributed by atoms with Gasteiger partial charge < -0.3 is 15.8 Å². The third-order valence-electron chi connectivity index (χ3n) is 2.80. The first-order valence-corrected chi connectivity index (χ1v) is 7.46. The zero-order valence-electron chi connectivity index (χ0n) is 11.5. The zero-order valence-corrected chi connectivity index (χ0v) is 13.1. The van der Waals surface area contributed by atoms with Crippen molar-refractivity contribution in [2.24, 2.45) is 0 Å². The van der Waals surface area contributed by atoms with Crippen LogP contribution in [0.2, 0.25) is 0 Å². The van der Waals surface area contributed by atoms with Crippen molar-refractivity contribution in [3.63, 3.8) is 0 Å². The summed E-state index contributed by atoms with van der Waals surface area (Å²) in [5.74, 6) is 0.700. The molecule has 0 saturated carbocycles. The summed E-state index contributed by atoms with van der Waals surface area (Å²) in [6.07, 6.45) is 0.740. The fraction of sp³-hybridized carbons (Fsp3) is 0.188. The van der Waals surface area contributed by atoms with Crippen molar-refractivity contribution in [1.82, 2.24) is 5.32 Å². The second kappa shape index (κ2) is 7.69. The van der Waals surface area contributed by atoms with Crippen LogP contribution < -0.4 is 15.8 Å². The summed E-state index contributed by atoms with van der Waals surface area (Å²) in [5.41, 5.74) is 6.81. The normalized spacial score (nSPS) is 10.1. The van der Waals surface area contributed by atoms with Gasteiger partial charge >= 0.3 is 0 Å². The summed E-state index contributed by atoms with van der Waals surface area (Å²) in [5, 5.41) is 2.84. The number of nitrogens with two attached hydrogens (primary N) is 1. The predicted octanol–water partition coefficient (Wildman–Crippen LogP) is 3.23. The van der Waals surface area contributed by atoms with Gasteiger partial charge in [-0.3, -0.25) is 4.79 Å². The molecule has 0 radical (unpaired) electrons. The first-order valence-electron chi connectivity index (χ1n) is 6.67. The molecule has 3 N–H and O–H groups in total. The average Bonchev–Trinajstić information content (AvgIpc) is 2.47. The Morgan fingerprint density at radius 1 is 1.19 bits per heavy atom. The van der Waals surface area contributed by atoms with E-state index in [0.29, 0.717) is 24.4 Å². The van der Waals surface area contributed by atoms with Crippen molar-refractivity contribution in [2.45, 2.75) is 6.42 Å². The lowest BCUT2D eigenvalue weighted by Crippen LogP contribution is -2.25. The third-order valence-corrected chi connectivity index (χ3v) is 3.26. The van der Waals surface area contributed by atoms with Crippen molar-refractivity contribution in [3.05, 3.63) is 58.6 Å². The van der Waals surface area contributed by atoms with Gasteiger partial charge in [-0.15, -0.1) is 0 Å². The van der Waals surface area contributed by atoms with Crippen LogP contribution in [-0.4, -0.2) is 19.1 Å². The second-order valence-electron chi connectivity index (χ2n) is 4.54. The quantitative estimate of drug-likeness (QED) is 0.622. The van der Waals surface area contributed by atoms with Crippen LogP contribution in [0.25, 0.3) is 0 Å². The van der Waals surface area contributed by atoms with Crippen molar-refractivity contribution in [2.75, 3.05) is 18.9 Å². The Balaban J connectivity index is 1.72. The van der Waals surface area contributed by atoms with E-state index in [4.69, 9.17) is 10.5 Å². The highest BCUT2D eigenvalue weighted by atomic mass is 79.9. The number of nitrogens with one attached hydrogen (secondary N) is 1. The van der Waals surface area contributed by atoms with Gasteiger partial charge in [-0.25, -0.2) is 0 Å². The smallest absolute Gasteiger partial charge is 0.251 e. The van der Waals surface area contributed by atoms with Gasteiger partial charge in [0.15, 0.2) is 0 Å². The van der Waals surface area contributed by atoms with Gasteiger partial charge in [0.1, 0.15) is 5.75 Å². The lowest BCUT2D eigenvalue weighted by atomic mass is 10.2. The van der Waals surface area contributed by atoms with E-state index >= 15 is 0 Å². The van der Waals surface area contributed by atoms with Gasteiger partial charge in [-0.1, -0.05) is 34.1 Å². The highest BCUT2D eigenvalue weighted by molar-refractivity contribution is 9.10. The summed E-state index contributed by atoms with van der Waals surface area (Å²) in [6, 6.07) is 14.8. The number of anilines is 1. The maximum Gasteiger partial charge on any atom is 0.251 e. The van der Waals surface area contributed by atoms with Crippen LogP contribution >= 0.6 is 15.9 Å². The second-order valence-corrected chi connectivity index (χ2v) is 5.46. The molecule has 0 fully saturated rings. The Morgan fingerprint density at radius 3 is 2.67 bits per heavy atom. The van der Waals surface area contributed by atoms with Crippen LogP contribution in [0.3, 0.4) is 0 Å². The zero-order chi connectivity index (χ0) is 15.1. The van der Waals surface area contributed by atoms with Crippen molar-refractivity contribution in [1.29, 1.82) is 0 Å². The highest BCUT2D eigenvalue weighted by Gasteiger charge is 2.06. The molecule has 0 aliphatic rings. The van der Waals surface area contributed by atoms with Crippen molar-refractivity contribution in [3.8, 4) is 5.75 Å². The molecule has 0 aliphatic heterocycles. The summed E-state index contributed by atoms with van der Waals surface area (Å²) in [7, 11) is 0. The molecule has 0 saturated heterocycles. The standard InChI is InChI=1S/C16H17BrN2O2/c17-13-9-12(10-14(18)11-13)16(20)19-7-4-8-21-15-5-2-1-3-6-15/h1-3,5-6,9-11H,4,7-8,18H2,(H,19,20). The number of para-hydroxylation sites is 1. The molecule has 0 aromatic heterocycles. The van der Waals surface area contributed by atoms with E-state index in [2.05, 4.69) is 21.2 Å². The summed E-state index contributed by atoms with van der Waals surface area (Å²) in [4.78, 5) is 12.0. The summed E-state index contributed by atoms with van der Waals surface area (Å²) in [6.45, 7) is 1.11. The maximum atomic E-state index is 12.0. The number of benzene rings is 2. The van der Waals surface area contributed by atoms with Crippen LogP contribution in [0.5, 0.6) is 5.75 Å². The van der Waals surface area contributed by atoms with Gasteiger partial charge in [0.25, 0.3) is 5.91 Å². The number of amides is 1. The molecular formula is C16H17BrN2O2. The molecule has 21 heavy (non-hydrogen) atoms. The molecule has 0 heterocycles. The number of rotatable bonds is 6. The Labute approximate surface area is 132 Å². The van der Waals surface area contributed by atoms with Crippen molar-refractivity contribution < 1.29 is 9.53 Å². The Hall–Kier alpha value is -2.01. The van der Waals surface area contributed by atoms with E-state index < -0.39 is 0 Å². The number of halogens is 1. The molecule has 2 aromatic rings. The van der Waals surface area contributed by atoms with E-state index in [1.165, 1.54) is 0 Å². The fourth-order valence-corrected chi connectivity index (χ4v) is 2.34. The largest absolute Gasteiger partial charge is 0.494 e. The average molecular weight is 349 g/mol. The molecule has 2 rings (SSSR count). The predicted molar refractivity (Wildman–Crippen MR) is 87.4 cm³/mol. The SMILES string of the molecule is Nc1cc(Br)cc(C(=O)NCCCOc2ccccc2)c1. The number of ether oxygens (including phenoxy) is 1. The molecule has 2 aromatic carbocycles. The molecule has 0 atom stereocenters. The van der Waals surface area contributed by atoms with Crippen LogP contribution in [-0.2, 0) is 0 Å². The van der Waals surface area contributed by atoms with Crippen LogP contribution in [0.1, 0.15) is 16.8 Å². The number of carbonyl (C=O) groups excluding carboxylic acids is 1. The molecule has 0 unspecified atom stereocenters. The molecule has 4 nitrogen and oxygen atoms in total. The lowest BCUT2D eigenvalue weighted by molar-refractivity contribution is 0.0951. The molecule has 1 amide bonds. The van der Waals surface area contributed by atoms with E-state index in [1.807, 2.05) is 30.3 Å². The van der Waals surface area contributed by atoms with E-state index in [9.17, 15) is 4.79 Å². The molecule has 5 heteroatoms. The number of carbonyl (C=O) groups is 1. The van der Waals surface area contributed by atoms with Crippen LogP contribution in [0.4, 0.5) is 5.69 Å². The minimum Gasteiger partial charge on any atom is -0.494 e. The molecule has 0 spiro atoms. The molecule has 110 valence electrons. The topological polar surface area (TPSA) is 64.4 Å². The van der Waals surface area contributed by atoms with Gasteiger partial charge in [0.2, 0.25) is 0 Å². The first-order chi connectivity index (χ1) is 10.1. The van der Waals surface area contributed by atoms with Crippen LogP contribution in [0.15, 0.2) is 53.0 Å². The molecule has 0 bridgehead atoms. The summed E-state index contributed by atoms with van der Waals surface area (Å²) < 4.78 is 6.34. The number of nitrogen functional groups attached to an aromatic ring is 1. The highest BCUT2D eigenvalue weighted by Crippen LogP contribution is 2.17. The van der Waals surface area contributed by atoms with Gasteiger partial charge in [0.05, 0.1) is 6.61 Å². The number of hydrogen-bond acceptors (Lipinski definition) is 3. The maximum absolute atomic E-state index is 12.0. The number of hydrogen-bond donors (Lipinski definition) is 2. The monoisotopic (exact) mass is 348 g/mol. The van der Waals surface area contributed by atoms with Gasteiger partial charge in [0, 0.05) is 22.3 Å². The molecular weight excluding hydrogens is 332 g/mol. The third kappa shape index (κ3) is 5.11. The summed E-state index contributed by atoms with van der Waals surface area (Å²) >= 11 is 3.32.